The number of allylic oxidation sites excluding steroid dienone is 2. The highest BCUT2D eigenvalue weighted by Crippen LogP contribution is 2.35. The third-order valence-electron chi connectivity index (χ3n) is 8.32. The zero-order valence-corrected chi connectivity index (χ0v) is 23.1. The molecule has 3 aliphatic rings. The van der Waals surface area contributed by atoms with Gasteiger partial charge < -0.3 is 15.1 Å². The van der Waals surface area contributed by atoms with Gasteiger partial charge in [-0.05, 0) is 60.8 Å². The van der Waals surface area contributed by atoms with Crippen LogP contribution in [-0.2, 0) is 29.7 Å². The maximum absolute atomic E-state index is 13.5. The van der Waals surface area contributed by atoms with Crippen molar-refractivity contribution in [3.05, 3.63) is 81.8 Å². The zero-order valence-electron chi connectivity index (χ0n) is 23.1. The van der Waals surface area contributed by atoms with Crippen molar-refractivity contribution in [1.82, 2.24) is 24.2 Å². The Labute approximate surface area is 232 Å². The van der Waals surface area contributed by atoms with E-state index in [0.29, 0.717) is 36.5 Å². The molecule has 3 aliphatic heterocycles. The molecule has 0 aliphatic carbocycles. The lowest BCUT2D eigenvalue weighted by Crippen LogP contribution is -2.39. The molecule has 2 aromatic carbocycles. The zero-order chi connectivity index (χ0) is 27.6. The summed E-state index contributed by atoms with van der Waals surface area (Å²) < 4.78 is 3.56. The number of hydrogen-bond donors (Lipinski definition) is 1. The van der Waals surface area contributed by atoms with E-state index in [1.165, 1.54) is 11.1 Å². The molecule has 7 rings (SSSR count). The molecule has 1 N–H and O–H groups in total. The fourth-order valence-electron chi connectivity index (χ4n) is 6.60. The Kier molecular flexibility index (Phi) is 5.67. The largest absolute Gasteiger partial charge is 0.324 e. The summed E-state index contributed by atoms with van der Waals surface area (Å²) >= 11 is 0. The molecule has 4 aromatic rings. The molecule has 0 radical (unpaired) electrons. The van der Waals surface area contributed by atoms with E-state index < -0.39 is 0 Å². The van der Waals surface area contributed by atoms with Gasteiger partial charge in [0.25, 0.3) is 5.56 Å². The van der Waals surface area contributed by atoms with Gasteiger partial charge in [-0.15, -0.1) is 0 Å². The SMILES string of the molecule is CN1Cc2cc(Nc3ncc4c(=O)n5n(c4n3)-c3ccc4c(c3)N(CCCC=CC5)C(=O)C4)ccc2C(C)(C)C1. The van der Waals surface area contributed by atoms with Crippen molar-refractivity contribution in [1.29, 1.82) is 0 Å². The number of rotatable bonds is 2. The van der Waals surface area contributed by atoms with Crippen LogP contribution in [0.4, 0.5) is 17.3 Å². The molecular weight excluding hydrogens is 502 g/mol. The topological polar surface area (TPSA) is 88.3 Å². The Hall–Kier alpha value is -4.24. The second kappa shape index (κ2) is 9.16. The number of hydrogen-bond acceptors (Lipinski definition) is 6. The van der Waals surface area contributed by atoms with Crippen molar-refractivity contribution in [2.45, 2.75) is 51.6 Å². The molecule has 0 saturated carbocycles. The first-order chi connectivity index (χ1) is 19.3. The number of anilines is 3. The quantitative estimate of drug-likeness (QED) is 0.386. The molecule has 0 spiro atoms. The fraction of sp³-hybridized carbons (Fsp3) is 0.355. The Bertz CT molecular complexity index is 1760. The predicted molar refractivity (Wildman–Crippen MR) is 157 cm³/mol. The van der Waals surface area contributed by atoms with Crippen LogP contribution in [0, 0.1) is 0 Å². The van der Waals surface area contributed by atoms with E-state index in [2.05, 4.69) is 60.4 Å². The molecule has 1 amide bonds. The van der Waals surface area contributed by atoms with Gasteiger partial charge in [0.15, 0.2) is 5.65 Å². The molecule has 0 saturated heterocycles. The Morgan fingerprint density at radius 1 is 1.02 bits per heavy atom. The van der Waals surface area contributed by atoms with Crippen molar-refractivity contribution in [3.8, 4) is 5.69 Å². The summed E-state index contributed by atoms with van der Waals surface area (Å²) in [7, 11) is 2.15. The van der Waals surface area contributed by atoms with Crippen molar-refractivity contribution >= 4 is 34.3 Å². The van der Waals surface area contributed by atoms with E-state index in [1.807, 2.05) is 33.9 Å². The molecule has 204 valence electrons. The maximum Gasteiger partial charge on any atom is 0.278 e. The Balaban J connectivity index is 1.33. The molecular formula is C31H33N7O2. The lowest BCUT2D eigenvalue weighted by atomic mass is 9.78. The van der Waals surface area contributed by atoms with Gasteiger partial charge in [-0.3, -0.25) is 9.59 Å². The first-order valence-corrected chi connectivity index (χ1v) is 13.9. The Morgan fingerprint density at radius 2 is 1.90 bits per heavy atom. The summed E-state index contributed by atoms with van der Waals surface area (Å²) in [5.74, 6) is 0.549. The normalized spacial score (nSPS) is 18.3. The van der Waals surface area contributed by atoms with E-state index in [-0.39, 0.29) is 16.9 Å². The van der Waals surface area contributed by atoms with Crippen molar-refractivity contribution in [3.63, 3.8) is 0 Å². The number of fused-ring (bicyclic) bond motifs is 6. The number of carbonyl (C=O) groups excluding carboxylic acids is 1. The van der Waals surface area contributed by atoms with Gasteiger partial charge in [0.2, 0.25) is 11.9 Å². The molecule has 5 heterocycles. The van der Waals surface area contributed by atoms with Gasteiger partial charge in [0.05, 0.1) is 18.7 Å². The molecule has 9 nitrogen and oxygen atoms in total. The lowest BCUT2D eigenvalue weighted by Gasteiger charge is -2.38. The number of nitrogens with zero attached hydrogens (tertiary/aromatic N) is 6. The number of aromatic nitrogens is 4. The molecule has 0 unspecified atom stereocenters. The van der Waals surface area contributed by atoms with Crippen LogP contribution in [0.15, 0.2) is 59.5 Å². The van der Waals surface area contributed by atoms with E-state index in [0.717, 1.165) is 48.6 Å². The van der Waals surface area contributed by atoms with E-state index in [4.69, 9.17) is 4.98 Å². The van der Waals surface area contributed by atoms with E-state index in [1.54, 1.807) is 10.9 Å². The first-order valence-electron chi connectivity index (χ1n) is 13.9. The molecule has 40 heavy (non-hydrogen) atoms. The van der Waals surface area contributed by atoms with Crippen molar-refractivity contribution in [2.24, 2.45) is 0 Å². The minimum Gasteiger partial charge on any atom is -0.324 e. The Morgan fingerprint density at radius 3 is 2.77 bits per heavy atom. The monoisotopic (exact) mass is 535 g/mol. The number of carbonyl (C=O) groups is 1. The predicted octanol–water partition coefficient (Wildman–Crippen LogP) is 4.29. The number of benzene rings is 2. The van der Waals surface area contributed by atoms with Crippen LogP contribution in [0.25, 0.3) is 16.7 Å². The number of likely N-dealkylation sites (N-methyl/N-ethyl adjacent to an activating group) is 1. The van der Waals surface area contributed by atoms with Crippen LogP contribution < -0.4 is 15.8 Å². The van der Waals surface area contributed by atoms with Gasteiger partial charge >= 0.3 is 0 Å². The summed E-state index contributed by atoms with van der Waals surface area (Å²) in [6.45, 7) is 7.57. The van der Waals surface area contributed by atoms with Crippen molar-refractivity contribution < 1.29 is 4.79 Å². The van der Waals surface area contributed by atoms with Crippen LogP contribution >= 0.6 is 0 Å². The van der Waals surface area contributed by atoms with E-state index in [9.17, 15) is 9.59 Å². The van der Waals surface area contributed by atoms with Gasteiger partial charge in [-0.25, -0.2) is 14.3 Å². The van der Waals surface area contributed by atoms with Gasteiger partial charge in [-0.2, -0.15) is 4.98 Å². The van der Waals surface area contributed by atoms with Crippen LogP contribution in [0.1, 0.15) is 43.4 Å². The first kappa shape index (κ1) is 24.8. The van der Waals surface area contributed by atoms with Gasteiger partial charge in [-0.1, -0.05) is 38.1 Å². The van der Waals surface area contributed by atoms with Gasteiger partial charge in [0.1, 0.15) is 5.39 Å². The second-order valence-corrected chi connectivity index (χ2v) is 11.8. The summed E-state index contributed by atoms with van der Waals surface area (Å²) in [5.41, 5.74) is 6.77. The minimum atomic E-state index is -0.143. The molecule has 0 atom stereocenters. The average Bonchev–Trinajstić information content (AvgIpc) is 3.36. The van der Waals surface area contributed by atoms with Crippen LogP contribution in [-0.4, -0.2) is 50.3 Å². The third kappa shape index (κ3) is 4.03. The number of nitrogens with one attached hydrogen (secondary N) is 1. The smallest absolute Gasteiger partial charge is 0.278 e. The summed E-state index contributed by atoms with van der Waals surface area (Å²) in [5, 5.41) is 3.83. The number of amides is 1. The van der Waals surface area contributed by atoms with E-state index >= 15 is 0 Å². The summed E-state index contributed by atoms with van der Waals surface area (Å²) in [6, 6.07) is 12.4. The standard InChI is InChI=1S/C31H33N7O2/c1-31(2)19-35(3)18-21-14-22(9-11-25(21)31)33-30-32-17-24-28(34-30)38-23-10-8-20-15-27(39)36(26(20)16-23)12-6-4-5-7-13-37(38)29(24)40/h5,7-11,14,16-17H,4,6,12-13,15,18-19H2,1-3H3,(H,32,33,34). The maximum atomic E-state index is 13.5. The fourth-order valence-corrected chi connectivity index (χ4v) is 6.60. The highest BCUT2D eigenvalue weighted by molar-refractivity contribution is 6.01. The molecule has 9 heteroatoms. The molecule has 2 aromatic heterocycles. The van der Waals surface area contributed by atoms with Crippen molar-refractivity contribution in [2.75, 3.05) is 30.4 Å². The highest BCUT2D eigenvalue weighted by Gasteiger charge is 2.31. The second-order valence-electron chi connectivity index (χ2n) is 11.8. The van der Waals surface area contributed by atoms with Gasteiger partial charge in [0, 0.05) is 42.6 Å². The molecule has 0 fully saturated rings. The van der Waals surface area contributed by atoms with Crippen LogP contribution in [0.3, 0.4) is 0 Å². The van der Waals surface area contributed by atoms with Crippen LogP contribution in [0.5, 0.6) is 0 Å². The lowest BCUT2D eigenvalue weighted by molar-refractivity contribution is -0.117. The average molecular weight is 536 g/mol. The minimum absolute atomic E-state index is 0.0836. The van der Waals surface area contributed by atoms with Crippen LogP contribution in [0.2, 0.25) is 0 Å². The summed E-state index contributed by atoms with van der Waals surface area (Å²) in [4.78, 5) is 39.9. The summed E-state index contributed by atoms with van der Waals surface area (Å²) in [6.07, 6.45) is 7.84. The molecule has 2 bridgehead atoms. The highest BCUT2D eigenvalue weighted by atomic mass is 16.2. The third-order valence-corrected chi connectivity index (χ3v) is 8.32.